The summed E-state index contributed by atoms with van der Waals surface area (Å²) in [6, 6.07) is 5.50. The van der Waals surface area contributed by atoms with Gasteiger partial charge in [-0.25, -0.2) is 13.4 Å². The molecule has 0 N–H and O–H groups in total. The molecule has 1 aliphatic heterocycles. The highest BCUT2D eigenvalue weighted by atomic mass is 35.5. The molecule has 94 valence electrons. The number of sulfone groups is 1. The average molecular weight is 275 g/mol. The van der Waals surface area contributed by atoms with Gasteiger partial charge in [-0.1, -0.05) is 17.7 Å². The van der Waals surface area contributed by atoms with Crippen molar-refractivity contribution >= 4 is 21.4 Å². The zero-order valence-electron chi connectivity index (χ0n) is 9.47. The van der Waals surface area contributed by atoms with Gasteiger partial charge in [-0.3, -0.25) is 4.90 Å². The predicted molar refractivity (Wildman–Crippen MR) is 67.8 cm³/mol. The molecule has 1 aromatic rings. The lowest BCUT2D eigenvalue weighted by atomic mass is 10.3. The van der Waals surface area contributed by atoms with Gasteiger partial charge in [0.05, 0.1) is 17.2 Å². The van der Waals surface area contributed by atoms with Crippen LogP contribution in [0.3, 0.4) is 0 Å². The van der Waals surface area contributed by atoms with Crippen molar-refractivity contribution in [1.29, 1.82) is 0 Å². The lowest BCUT2D eigenvalue weighted by molar-refractivity contribution is 0.284. The van der Waals surface area contributed by atoms with E-state index in [0.717, 1.165) is 12.2 Å². The van der Waals surface area contributed by atoms with Crippen molar-refractivity contribution in [3.8, 4) is 0 Å². The largest absolute Gasteiger partial charge is 0.296 e. The first-order valence-corrected chi connectivity index (χ1v) is 7.79. The minimum absolute atomic E-state index is 0.244. The van der Waals surface area contributed by atoms with Crippen LogP contribution >= 0.6 is 11.6 Å². The summed E-state index contributed by atoms with van der Waals surface area (Å²) in [4.78, 5) is 6.32. The van der Waals surface area contributed by atoms with Crippen LogP contribution < -0.4 is 0 Å². The van der Waals surface area contributed by atoms with Gasteiger partial charge < -0.3 is 0 Å². The fourth-order valence-electron chi connectivity index (χ4n) is 1.92. The van der Waals surface area contributed by atoms with Crippen LogP contribution in [-0.4, -0.2) is 42.9 Å². The van der Waals surface area contributed by atoms with E-state index in [9.17, 15) is 8.42 Å². The van der Waals surface area contributed by atoms with E-state index >= 15 is 0 Å². The molecular formula is C11H15ClN2O2S. The average Bonchev–Trinajstić information content (AvgIpc) is 2.41. The number of nitrogens with zero attached hydrogens (tertiary/aromatic N) is 2. The second-order valence-electron chi connectivity index (χ2n) is 4.23. The molecule has 0 bridgehead atoms. The van der Waals surface area contributed by atoms with E-state index < -0.39 is 9.84 Å². The molecule has 0 aliphatic carbocycles. The van der Waals surface area contributed by atoms with Crippen LogP contribution in [0.25, 0.3) is 0 Å². The van der Waals surface area contributed by atoms with Crippen molar-refractivity contribution < 1.29 is 8.42 Å². The van der Waals surface area contributed by atoms with E-state index in [0.29, 0.717) is 30.4 Å². The molecule has 0 saturated carbocycles. The predicted octanol–water partition coefficient (Wildman–Crippen LogP) is 1.36. The topological polar surface area (TPSA) is 50.3 Å². The molecule has 0 radical (unpaired) electrons. The minimum atomic E-state index is -2.84. The van der Waals surface area contributed by atoms with Crippen LogP contribution in [0.4, 0.5) is 0 Å². The molecular weight excluding hydrogens is 260 g/mol. The molecule has 1 fully saturated rings. The number of hydrogen-bond donors (Lipinski definition) is 0. The summed E-state index contributed by atoms with van der Waals surface area (Å²) in [6.07, 6.45) is 0.697. The molecule has 2 rings (SSSR count). The lowest BCUT2D eigenvalue weighted by Crippen LogP contribution is -2.27. The zero-order chi connectivity index (χ0) is 12.3. The van der Waals surface area contributed by atoms with Gasteiger partial charge in [-0.15, -0.1) is 0 Å². The monoisotopic (exact) mass is 274 g/mol. The molecule has 1 aromatic heterocycles. The Balaban J connectivity index is 2.00. The molecule has 0 aromatic carbocycles. The maximum absolute atomic E-state index is 11.5. The van der Waals surface area contributed by atoms with Gasteiger partial charge in [0, 0.05) is 13.1 Å². The van der Waals surface area contributed by atoms with Crippen molar-refractivity contribution in [3.05, 3.63) is 29.0 Å². The Kier molecular flexibility index (Phi) is 4.01. The molecule has 17 heavy (non-hydrogen) atoms. The first-order valence-electron chi connectivity index (χ1n) is 5.59. The third-order valence-electron chi connectivity index (χ3n) is 2.81. The molecule has 6 heteroatoms. The summed E-state index contributed by atoms with van der Waals surface area (Å²) in [7, 11) is -2.84. The van der Waals surface area contributed by atoms with E-state index in [1.807, 2.05) is 12.1 Å². The second kappa shape index (κ2) is 5.33. The Bertz CT molecular complexity index is 490. The number of halogens is 1. The van der Waals surface area contributed by atoms with Gasteiger partial charge in [0.15, 0.2) is 9.84 Å². The highest BCUT2D eigenvalue weighted by molar-refractivity contribution is 7.91. The first-order chi connectivity index (χ1) is 8.05. The molecule has 4 nitrogen and oxygen atoms in total. The fraction of sp³-hybridized carbons (Fsp3) is 0.545. The molecule has 0 spiro atoms. The van der Waals surface area contributed by atoms with Gasteiger partial charge in [-0.05, 0) is 25.1 Å². The van der Waals surface area contributed by atoms with Crippen molar-refractivity contribution in [2.75, 3.05) is 24.6 Å². The number of hydrogen-bond acceptors (Lipinski definition) is 4. The van der Waals surface area contributed by atoms with E-state index in [1.54, 1.807) is 6.07 Å². The smallest absolute Gasteiger partial charge is 0.151 e. The standard InChI is InChI=1S/C11H15ClN2O2S/c12-11-4-1-3-10(13-11)9-14-5-2-7-17(15,16)8-6-14/h1,3-4H,2,5-9H2. The number of rotatable bonds is 2. The van der Waals surface area contributed by atoms with Crippen molar-refractivity contribution in [1.82, 2.24) is 9.88 Å². The van der Waals surface area contributed by atoms with Crippen molar-refractivity contribution in [3.63, 3.8) is 0 Å². The normalized spacial score (nSPS) is 21.0. The summed E-state index contributed by atoms with van der Waals surface area (Å²) in [5.74, 6) is 0.542. The Hall–Kier alpha value is -0.650. The highest BCUT2D eigenvalue weighted by Crippen LogP contribution is 2.11. The summed E-state index contributed by atoms with van der Waals surface area (Å²) < 4.78 is 22.9. The summed E-state index contributed by atoms with van der Waals surface area (Å²) >= 11 is 5.81. The third-order valence-corrected chi connectivity index (χ3v) is 4.73. The summed E-state index contributed by atoms with van der Waals surface area (Å²) in [5, 5.41) is 0.477. The highest BCUT2D eigenvalue weighted by Gasteiger charge is 2.19. The van der Waals surface area contributed by atoms with Crippen LogP contribution in [-0.2, 0) is 16.4 Å². The minimum Gasteiger partial charge on any atom is -0.296 e. The fourth-order valence-corrected chi connectivity index (χ4v) is 3.41. The Morgan fingerprint density at radius 2 is 2.12 bits per heavy atom. The van der Waals surface area contributed by atoms with Crippen LogP contribution in [0, 0.1) is 0 Å². The first kappa shape index (κ1) is 12.8. The molecule has 0 unspecified atom stereocenters. The molecule has 2 heterocycles. The van der Waals surface area contributed by atoms with E-state index in [-0.39, 0.29) is 5.75 Å². The van der Waals surface area contributed by atoms with Crippen molar-refractivity contribution in [2.24, 2.45) is 0 Å². The van der Waals surface area contributed by atoms with Gasteiger partial charge in [-0.2, -0.15) is 0 Å². The maximum atomic E-state index is 11.5. The van der Waals surface area contributed by atoms with Gasteiger partial charge in [0.25, 0.3) is 0 Å². The second-order valence-corrected chi connectivity index (χ2v) is 6.92. The van der Waals surface area contributed by atoms with E-state index in [1.165, 1.54) is 0 Å². The summed E-state index contributed by atoms with van der Waals surface area (Å²) in [6.45, 7) is 2.04. The number of aromatic nitrogens is 1. The molecule has 1 aliphatic rings. The lowest BCUT2D eigenvalue weighted by Gasteiger charge is -2.18. The van der Waals surface area contributed by atoms with Crippen LogP contribution in [0.2, 0.25) is 5.15 Å². The van der Waals surface area contributed by atoms with Crippen LogP contribution in [0.15, 0.2) is 18.2 Å². The zero-order valence-corrected chi connectivity index (χ0v) is 11.0. The van der Waals surface area contributed by atoms with Gasteiger partial charge >= 0.3 is 0 Å². The number of pyridine rings is 1. The molecule has 0 amide bonds. The quantitative estimate of drug-likeness (QED) is 0.764. The van der Waals surface area contributed by atoms with Crippen LogP contribution in [0.1, 0.15) is 12.1 Å². The molecule has 1 saturated heterocycles. The van der Waals surface area contributed by atoms with Crippen molar-refractivity contribution in [2.45, 2.75) is 13.0 Å². The Morgan fingerprint density at radius 3 is 2.88 bits per heavy atom. The molecule has 0 atom stereocenters. The summed E-state index contributed by atoms with van der Waals surface area (Å²) in [5.41, 5.74) is 0.886. The third kappa shape index (κ3) is 3.94. The maximum Gasteiger partial charge on any atom is 0.151 e. The van der Waals surface area contributed by atoms with E-state index in [2.05, 4.69) is 9.88 Å². The van der Waals surface area contributed by atoms with Gasteiger partial charge in [0.2, 0.25) is 0 Å². The SMILES string of the molecule is O=S1(=O)CCCN(Cc2cccc(Cl)n2)CC1. The van der Waals surface area contributed by atoms with Crippen LogP contribution in [0.5, 0.6) is 0 Å². The van der Waals surface area contributed by atoms with Gasteiger partial charge in [0.1, 0.15) is 5.15 Å². The Labute approximate surface area is 107 Å². The van der Waals surface area contributed by atoms with E-state index in [4.69, 9.17) is 11.6 Å². The Morgan fingerprint density at radius 1 is 1.29 bits per heavy atom.